The van der Waals surface area contributed by atoms with E-state index in [4.69, 9.17) is 10.8 Å². The Morgan fingerprint density at radius 2 is 2.28 bits per heavy atom. The van der Waals surface area contributed by atoms with Crippen LogP contribution in [0.3, 0.4) is 0 Å². The van der Waals surface area contributed by atoms with Gasteiger partial charge in [-0.3, -0.25) is 4.79 Å². The molecule has 0 spiro atoms. The molecule has 1 rings (SSSR count). The Hall–Kier alpha value is -1.33. The van der Waals surface area contributed by atoms with Gasteiger partial charge in [0.05, 0.1) is 6.61 Å². The molecule has 3 N–H and O–H groups in total. The van der Waals surface area contributed by atoms with Crippen molar-refractivity contribution in [3.8, 4) is 0 Å². The summed E-state index contributed by atoms with van der Waals surface area (Å²) < 4.78 is 0.761. The summed E-state index contributed by atoms with van der Waals surface area (Å²) in [5, 5.41) is 8.98. The normalized spacial score (nSPS) is 10.2. The first-order valence-corrected chi connectivity index (χ1v) is 6.37. The highest BCUT2D eigenvalue weighted by Gasteiger charge is 2.18. The average molecular weight is 313 g/mol. The van der Waals surface area contributed by atoms with Crippen LogP contribution < -0.4 is 5.73 Å². The lowest BCUT2D eigenvalue weighted by Crippen LogP contribution is -2.34. The molecule has 0 fully saturated rings. The number of nitrogens with two attached hydrogens (primary N) is 1. The number of carbonyl (C=O) groups is 1. The number of halogens is 1. The Labute approximate surface area is 115 Å². The number of benzene rings is 1. The van der Waals surface area contributed by atoms with Crippen molar-refractivity contribution < 1.29 is 9.90 Å². The van der Waals surface area contributed by atoms with Gasteiger partial charge in [-0.05, 0) is 24.6 Å². The van der Waals surface area contributed by atoms with Crippen LogP contribution in [0, 0.1) is 6.92 Å². The van der Waals surface area contributed by atoms with Crippen LogP contribution in [-0.2, 0) is 0 Å². The lowest BCUT2D eigenvalue weighted by molar-refractivity contribution is 0.0742. The standard InChI is InChI=1S/C13H17BrN2O2/c1-3-4-16(5-6-17)13(18)11-7-10(14)8-12(15)9(11)2/h3,7-8,17H,1,4-6,15H2,2H3. The highest BCUT2D eigenvalue weighted by Crippen LogP contribution is 2.23. The number of carbonyl (C=O) groups excluding carboxylic acids is 1. The fraction of sp³-hybridized carbons (Fsp3) is 0.308. The molecule has 0 atom stereocenters. The van der Waals surface area contributed by atoms with Gasteiger partial charge in [0.15, 0.2) is 0 Å². The highest BCUT2D eigenvalue weighted by molar-refractivity contribution is 9.10. The van der Waals surface area contributed by atoms with Crippen LogP contribution in [0.2, 0.25) is 0 Å². The molecule has 0 saturated heterocycles. The lowest BCUT2D eigenvalue weighted by atomic mass is 10.1. The van der Waals surface area contributed by atoms with Gasteiger partial charge in [0, 0.05) is 28.8 Å². The second-order valence-electron chi connectivity index (χ2n) is 3.93. The zero-order chi connectivity index (χ0) is 13.7. The van der Waals surface area contributed by atoms with E-state index < -0.39 is 0 Å². The van der Waals surface area contributed by atoms with E-state index >= 15 is 0 Å². The van der Waals surface area contributed by atoms with Crippen molar-refractivity contribution in [2.75, 3.05) is 25.4 Å². The number of hydrogen-bond donors (Lipinski definition) is 2. The number of nitrogens with zero attached hydrogens (tertiary/aromatic N) is 1. The van der Waals surface area contributed by atoms with Gasteiger partial charge in [-0.1, -0.05) is 22.0 Å². The molecule has 0 radical (unpaired) electrons. The predicted octanol–water partition coefficient (Wildman–Crippen LogP) is 1.96. The lowest BCUT2D eigenvalue weighted by Gasteiger charge is -2.21. The largest absolute Gasteiger partial charge is 0.398 e. The molecule has 98 valence electrons. The van der Waals surface area contributed by atoms with Crippen LogP contribution in [0.1, 0.15) is 15.9 Å². The molecule has 1 amide bonds. The minimum absolute atomic E-state index is 0.0812. The van der Waals surface area contributed by atoms with E-state index in [1.165, 1.54) is 4.90 Å². The van der Waals surface area contributed by atoms with E-state index in [9.17, 15) is 4.79 Å². The summed E-state index contributed by atoms with van der Waals surface area (Å²) in [5.74, 6) is -0.158. The van der Waals surface area contributed by atoms with Gasteiger partial charge in [-0.15, -0.1) is 6.58 Å². The Morgan fingerprint density at radius 1 is 1.61 bits per heavy atom. The molecule has 4 nitrogen and oxygen atoms in total. The Kier molecular flexibility index (Phi) is 5.37. The van der Waals surface area contributed by atoms with E-state index in [1.54, 1.807) is 25.1 Å². The quantitative estimate of drug-likeness (QED) is 0.645. The van der Waals surface area contributed by atoms with Crippen molar-refractivity contribution in [2.24, 2.45) is 0 Å². The van der Waals surface area contributed by atoms with Crippen LogP contribution in [-0.4, -0.2) is 35.6 Å². The second-order valence-corrected chi connectivity index (χ2v) is 4.85. The van der Waals surface area contributed by atoms with E-state index in [-0.39, 0.29) is 19.1 Å². The van der Waals surface area contributed by atoms with Gasteiger partial charge in [0.25, 0.3) is 5.91 Å². The zero-order valence-electron chi connectivity index (χ0n) is 10.3. The third kappa shape index (κ3) is 3.34. The predicted molar refractivity (Wildman–Crippen MR) is 76.5 cm³/mol. The first-order valence-electron chi connectivity index (χ1n) is 5.58. The summed E-state index contributed by atoms with van der Waals surface area (Å²) in [4.78, 5) is 13.9. The Bertz CT molecular complexity index is 461. The summed E-state index contributed by atoms with van der Waals surface area (Å²) in [7, 11) is 0. The molecule has 1 aromatic rings. The van der Waals surface area contributed by atoms with Crippen LogP contribution >= 0.6 is 15.9 Å². The zero-order valence-corrected chi connectivity index (χ0v) is 11.9. The number of anilines is 1. The van der Waals surface area contributed by atoms with Gasteiger partial charge in [0.2, 0.25) is 0 Å². The molecule has 0 aliphatic rings. The smallest absolute Gasteiger partial charge is 0.254 e. The fourth-order valence-corrected chi connectivity index (χ4v) is 2.12. The SMILES string of the molecule is C=CCN(CCO)C(=O)c1cc(Br)cc(N)c1C. The summed E-state index contributed by atoms with van der Waals surface area (Å²) in [6, 6.07) is 3.50. The number of amides is 1. The summed E-state index contributed by atoms with van der Waals surface area (Å²) >= 11 is 3.32. The van der Waals surface area contributed by atoms with Gasteiger partial charge < -0.3 is 15.7 Å². The van der Waals surface area contributed by atoms with E-state index in [2.05, 4.69) is 22.5 Å². The van der Waals surface area contributed by atoms with Gasteiger partial charge in [0.1, 0.15) is 0 Å². The molecular weight excluding hydrogens is 296 g/mol. The van der Waals surface area contributed by atoms with Crippen molar-refractivity contribution >= 4 is 27.5 Å². The van der Waals surface area contributed by atoms with Crippen molar-refractivity contribution in [1.29, 1.82) is 0 Å². The first-order chi connectivity index (χ1) is 8.51. The molecule has 0 aliphatic heterocycles. The Balaban J connectivity index is 3.11. The van der Waals surface area contributed by atoms with Crippen molar-refractivity contribution in [2.45, 2.75) is 6.92 Å². The molecule has 0 heterocycles. The van der Waals surface area contributed by atoms with Gasteiger partial charge in [-0.2, -0.15) is 0 Å². The molecule has 0 unspecified atom stereocenters. The highest BCUT2D eigenvalue weighted by atomic mass is 79.9. The van der Waals surface area contributed by atoms with Crippen molar-refractivity contribution in [3.05, 3.63) is 40.4 Å². The maximum atomic E-state index is 12.3. The Morgan fingerprint density at radius 3 is 2.83 bits per heavy atom. The maximum Gasteiger partial charge on any atom is 0.254 e. The number of nitrogen functional groups attached to an aromatic ring is 1. The molecule has 18 heavy (non-hydrogen) atoms. The van der Waals surface area contributed by atoms with E-state index in [0.29, 0.717) is 17.8 Å². The van der Waals surface area contributed by atoms with Crippen LogP contribution in [0.4, 0.5) is 5.69 Å². The van der Waals surface area contributed by atoms with Crippen molar-refractivity contribution in [3.63, 3.8) is 0 Å². The average Bonchev–Trinajstić information content (AvgIpc) is 2.32. The monoisotopic (exact) mass is 312 g/mol. The molecule has 0 aromatic heterocycles. The minimum atomic E-state index is -0.158. The minimum Gasteiger partial charge on any atom is -0.398 e. The van der Waals surface area contributed by atoms with Gasteiger partial charge >= 0.3 is 0 Å². The molecule has 5 heteroatoms. The van der Waals surface area contributed by atoms with Crippen LogP contribution in [0.5, 0.6) is 0 Å². The van der Waals surface area contributed by atoms with E-state index in [1.807, 2.05) is 0 Å². The molecule has 0 bridgehead atoms. The van der Waals surface area contributed by atoms with Crippen LogP contribution in [0.15, 0.2) is 29.3 Å². The maximum absolute atomic E-state index is 12.3. The third-order valence-electron chi connectivity index (χ3n) is 2.65. The summed E-state index contributed by atoms with van der Waals surface area (Å²) in [6.45, 7) is 6.00. The summed E-state index contributed by atoms with van der Waals surface area (Å²) in [5.41, 5.74) is 7.69. The number of hydrogen-bond acceptors (Lipinski definition) is 3. The third-order valence-corrected chi connectivity index (χ3v) is 3.11. The van der Waals surface area contributed by atoms with Gasteiger partial charge in [-0.25, -0.2) is 0 Å². The van der Waals surface area contributed by atoms with Crippen molar-refractivity contribution in [1.82, 2.24) is 4.90 Å². The first kappa shape index (κ1) is 14.7. The molecule has 0 saturated carbocycles. The topological polar surface area (TPSA) is 66.6 Å². The van der Waals surface area contributed by atoms with Crippen LogP contribution in [0.25, 0.3) is 0 Å². The second kappa shape index (κ2) is 6.56. The number of aliphatic hydroxyl groups excluding tert-OH is 1. The molecule has 0 aliphatic carbocycles. The number of rotatable bonds is 5. The summed E-state index contributed by atoms with van der Waals surface area (Å²) in [6.07, 6.45) is 1.63. The number of aliphatic hydroxyl groups is 1. The fourth-order valence-electron chi connectivity index (χ4n) is 1.64. The molecular formula is C13H17BrN2O2. The molecule has 1 aromatic carbocycles. The van der Waals surface area contributed by atoms with E-state index in [0.717, 1.165) is 10.0 Å².